The molecule has 162 valence electrons. The Kier molecular flexibility index (Phi) is 7.54. The number of aliphatic hydroxyl groups is 1. The lowest BCUT2D eigenvalue weighted by molar-refractivity contribution is -0.117. The Labute approximate surface area is 180 Å². The number of aliphatic hydroxyl groups excluding tert-OH is 1. The van der Waals surface area contributed by atoms with E-state index in [4.69, 9.17) is 10.5 Å². The Morgan fingerprint density at radius 1 is 1.48 bits per heavy atom. The average molecular weight is 423 g/mol. The molecule has 1 aromatic heterocycles. The van der Waals surface area contributed by atoms with Crippen LogP contribution in [-0.2, 0) is 9.53 Å². The first-order valence-electron chi connectivity index (χ1n) is 9.90. The van der Waals surface area contributed by atoms with Crippen molar-refractivity contribution in [3.8, 4) is 23.2 Å². The van der Waals surface area contributed by atoms with Crippen LogP contribution < -0.4 is 11.1 Å². The van der Waals surface area contributed by atoms with E-state index in [0.29, 0.717) is 67.7 Å². The van der Waals surface area contributed by atoms with Crippen molar-refractivity contribution >= 4 is 18.0 Å². The molecule has 9 heteroatoms. The number of carbonyl (C=O) groups is 2. The van der Waals surface area contributed by atoms with E-state index < -0.39 is 12.0 Å². The number of amides is 2. The third kappa shape index (κ3) is 6.25. The summed E-state index contributed by atoms with van der Waals surface area (Å²) in [4.78, 5) is 32.6. The summed E-state index contributed by atoms with van der Waals surface area (Å²) in [6.07, 6.45) is 1.75. The Balaban J connectivity index is 1.74. The molecule has 9 nitrogen and oxygen atoms in total. The summed E-state index contributed by atoms with van der Waals surface area (Å²) in [5.41, 5.74) is 7.46. The number of aromatic nitrogens is 2. The molecule has 1 fully saturated rings. The largest absolute Gasteiger partial charge is 0.381 e. The average Bonchev–Trinajstić information content (AvgIpc) is 2.75. The first-order valence-corrected chi connectivity index (χ1v) is 9.90. The van der Waals surface area contributed by atoms with E-state index in [-0.39, 0.29) is 5.69 Å². The van der Waals surface area contributed by atoms with E-state index in [1.165, 1.54) is 4.90 Å². The molecule has 0 aliphatic carbocycles. The van der Waals surface area contributed by atoms with Gasteiger partial charge in [-0.05, 0) is 12.1 Å². The zero-order valence-corrected chi connectivity index (χ0v) is 17.2. The molecular weight excluding hydrogens is 398 g/mol. The quantitative estimate of drug-likeness (QED) is 0.395. The van der Waals surface area contributed by atoms with Gasteiger partial charge in [0.05, 0.1) is 25.1 Å². The minimum atomic E-state index is -0.852. The minimum absolute atomic E-state index is 0.122. The van der Waals surface area contributed by atoms with Crippen LogP contribution in [0.5, 0.6) is 0 Å². The molecule has 4 N–H and O–H groups in total. The van der Waals surface area contributed by atoms with E-state index in [0.717, 1.165) is 0 Å². The fourth-order valence-corrected chi connectivity index (χ4v) is 2.85. The lowest BCUT2D eigenvalue weighted by atomic mass is 10.1. The Morgan fingerprint density at radius 2 is 2.29 bits per heavy atom. The van der Waals surface area contributed by atoms with Crippen molar-refractivity contribution in [2.75, 3.05) is 38.7 Å². The summed E-state index contributed by atoms with van der Waals surface area (Å²) < 4.78 is 5.15. The van der Waals surface area contributed by atoms with Gasteiger partial charge < -0.3 is 25.8 Å². The number of nitrogens with two attached hydrogens (primary N) is 1. The van der Waals surface area contributed by atoms with Crippen molar-refractivity contribution in [2.24, 2.45) is 11.7 Å². The summed E-state index contributed by atoms with van der Waals surface area (Å²) in [6.45, 7) is 2.44. The summed E-state index contributed by atoms with van der Waals surface area (Å²) >= 11 is 0. The molecule has 1 aromatic carbocycles. The highest BCUT2D eigenvalue weighted by molar-refractivity contribution is 5.96. The van der Waals surface area contributed by atoms with Gasteiger partial charge in [0.25, 0.3) is 5.91 Å². The van der Waals surface area contributed by atoms with Gasteiger partial charge in [0, 0.05) is 43.6 Å². The zero-order chi connectivity index (χ0) is 22.2. The number of primary amides is 1. The fraction of sp³-hybridized carbons (Fsp3) is 0.364. The van der Waals surface area contributed by atoms with Crippen LogP contribution in [-0.4, -0.2) is 71.7 Å². The topological polar surface area (TPSA) is 131 Å². The maximum Gasteiger partial charge on any atom is 0.269 e. The molecule has 1 aliphatic heterocycles. The Morgan fingerprint density at radius 3 is 2.97 bits per heavy atom. The molecule has 2 heterocycles. The van der Waals surface area contributed by atoms with Gasteiger partial charge in [-0.3, -0.25) is 9.59 Å². The zero-order valence-electron chi connectivity index (χ0n) is 17.2. The number of carbonyl (C=O) groups excluding carboxylic acids is 2. The third-order valence-electron chi connectivity index (χ3n) is 4.75. The van der Waals surface area contributed by atoms with E-state index >= 15 is 0 Å². The molecule has 0 bridgehead atoms. The van der Waals surface area contributed by atoms with Gasteiger partial charge in [-0.25, -0.2) is 9.97 Å². The maximum absolute atomic E-state index is 11.9. The molecule has 0 unspecified atom stereocenters. The number of ether oxygens (including phenoxy) is 1. The van der Waals surface area contributed by atoms with E-state index in [2.05, 4.69) is 27.1 Å². The highest BCUT2D eigenvalue weighted by atomic mass is 16.5. The second kappa shape index (κ2) is 10.5. The second-order valence-corrected chi connectivity index (χ2v) is 7.35. The number of benzene rings is 1. The van der Waals surface area contributed by atoms with Crippen LogP contribution in [0.1, 0.15) is 22.5 Å². The third-order valence-corrected chi connectivity index (χ3v) is 4.75. The lowest BCUT2D eigenvalue weighted by Crippen LogP contribution is -2.34. The van der Waals surface area contributed by atoms with Crippen LogP contribution in [0.15, 0.2) is 30.5 Å². The van der Waals surface area contributed by atoms with Crippen molar-refractivity contribution in [2.45, 2.75) is 12.5 Å². The monoisotopic (exact) mass is 423 g/mol. The Hall–Kier alpha value is -3.48. The number of hydrogen-bond donors (Lipinski definition) is 3. The summed E-state index contributed by atoms with van der Waals surface area (Å²) in [6, 6.07) is 7.17. The van der Waals surface area contributed by atoms with Crippen LogP contribution in [0.3, 0.4) is 0 Å². The number of hydrogen-bond acceptors (Lipinski definition) is 7. The number of rotatable bonds is 9. The second-order valence-electron chi connectivity index (χ2n) is 7.35. The summed E-state index contributed by atoms with van der Waals surface area (Å²) in [5.74, 6) is 5.77. The molecule has 3 rings (SSSR count). The Bertz CT molecular complexity index is 997. The van der Waals surface area contributed by atoms with Crippen LogP contribution in [0.2, 0.25) is 0 Å². The van der Waals surface area contributed by atoms with Gasteiger partial charge in [-0.15, -0.1) is 0 Å². The van der Waals surface area contributed by atoms with Crippen molar-refractivity contribution in [1.29, 1.82) is 0 Å². The molecule has 2 aromatic rings. The molecule has 1 aliphatic rings. The van der Waals surface area contributed by atoms with Crippen molar-refractivity contribution in [1.82, 2.24) is 14.9 Å². The number of nitrogens with one attached hydrogen (secondary N) is 1. The normalized spacial score (nSPS) is 14.0. The predicted octanol–water partition coefficient (Wildman–Crippen LogP) is 0.492. The van der Waals surface area contributed by atoms with Crippen LogP contribution in [0.4, 0.5) is 5.69 Å². The standard InChI is InChI=1S/C22H25N5O4/c1-27(14-28)8-7-18(29)6-5-15-3-2-4-17(9-15)22-25-11-19(20(26-22)21(23)30)24-10-16-12-31-13-16/h2-4,9,11,14,16,18,24,29H,7-8,10,12-13H2,1H3,(H2,23,30)/t18-/m0/s1. The van der Waals surface area contributed by atoms with Gasteiger partial charge in [0.2, 0.25) is 6.41 Å². The maximum atomic E-state index is 11.9. The summed E-state index contributed by atoms with van der Waals surface area (Å²) in [5, 5.41) is 13.1. The first kappa shape index (κ1) is 22.2. The van der Waals surface area contributed by atoms with Crippen LogP contribution in [0.25, 0.3) is 11.4 Å². The molecule has 31 heavy (non-hydrogen) atoms. The first-order chi connectivity index (χ1) is 15.0. The minimum Gasteiger partial charge on any atom is -0.381 e. The van der Waals surface area contributed by atoms with E-state index in [9.17, 15) is 14.7 Å². The SMILES string of the molecule is CN(C=O)CC[C@@H](O)C#Cc1cccc(-c2ncc(NCC3COC3)c(C(N)=O)n2)c1. The van der Waals surface area contributed by atoms with Crippen molar-refractivity contribution in [3.05, 3.63) is 41.7 Å². The van der Waals surface area contributed by atoms with Crippen LogP contribution >= 0.6 is 0 Å². The predicted molar refractivity (Wildman–Crippen MR) is 115 cm³/mol. The van der Waals surface area contributed by atoms with Crippen LogP contribution in [0, 0.1) is 17.8 Å². The van der Waals surface area contributed by atoms with Crippen molar-refractivity contribution in [3.63, 3.8) is 0 Å². The smallest absolute Gasteiger partial charge is 0.269 e. The summed E-state index contributed by atoms with van der Waals surface area (Å²) in [7, 11) is 1.64. The molecule has 0 radical (unpaired) electrons. The van der Waals surface area contributed by atoms with Gasteiger partial charge >= 0.3 is 0 Å². The van der Waals surface area contributed by atoms with Gasteiger partial charge in [-0.2, -0.15) is 0 Å². The van der Waals surface area contributed by atoms with Gasteiger partial charge in [-0.1, -0.05) is 24.0 Å². The van der Waals surface area contributed by atoms with E-state index in [1.54, 1.807) is 37.5 Å². The molecule has 1 atom stereocenters. The highest BCUT2D eigenvalue weighted by Crippen LogP contribution is 2.21. The lowest BCUT2D eigenvalue weighted by Gasteiger charge is -2.26. The molecule has 0 spiro atoms. The molecule has 2 amide bonds. The van der Waals surface area contributed by atoms with Gasteiger partial charge in [0.1, 0.15) is 6.10 Å². The van der Waals surface area contributed by atoms with E-state index in [1.807, 2.05) is 0 Å². The highest BCUT2D eigenvalue weighted by Gasteiger charge is 2.20. The number of anilines is 1. The van der Waals surface area contributed by atoms with Gasteiger partial charge in [0.15, 0.2) is 11.5 Å². The molecule has 0 saturated carbocycles. The fourth-order valence-electron chi connectivity index (χ4n) is 2.85. The van der Waals surface area contributed by atoms with Crippen molar-refractivity contribution < 1.29 is 19.4 Å². The molecular formula is C22H25N5O4. The number of nitrogens with zero attached hydrogens (tertiary/aromatic N) is 3. The molecule has 1 saturated heterocycles.